The van der Waals surface area contributed by atoms with Crippen molar-refractivity contribution in [3.8, 4) is 0 Å². The van der Waals surface area contributed by atoms with E-state index in [4.69, 9.17) is 10.1 Å². The van der Waals surface area contributed by atoms with Crippen molar-refractivity contribution < 1.29 is 14.9 Å². The molecule has 0 unspecified atom stereocenters. The molecule has 3 N–H and O–H groups in total. The van der Waals surface area contributed by atoms with Gasteiger partial charge in [0, 0.05) is 0 Å². The lowest BCUT2D eigenvalue weighted by molar-refractivity contribution is -0.174. The fraction of sp³-hybridized carbons (Fsp3) is 0. The minimum absolute atomic E-state index is 0. The number of hydrogen-bond donors (Lipinski definition) is 2. The van der Waals surface area contributed by atoms with Crippen molar-refractivity contribution >= 4 is 17.1 Å². The Balaban J connectivity index is 0. The molecule has 0 radical (unpaired) electrons. The molecule has 0 rings (SSSR count). The van der Waals surface area contributed by atoms with Crippen LogP contribution in [0.3, 0.4) is 0 Å². The number of carbonyl (C=O) groups excluding carboxylic acids is 1. The molecule has 4 nitrogen and oxygen atoms in total. The van der Waals surface area contributed by atoms with Crippen molar-refractivity contribution in [3.05, 3.63) is 0 Å². The predicted octanol–water partition coefficient (Wildman–Crippen LogP) is -1.90. The standard InChI is InChI=1S/CH3NO3.H4Si/c2-1(3)5-4;/h4H,(H2,2,3);1H4. The van der Waals surface area contributed by atoms with Crippen molar-refractivity contribution in [1.29, 1.82) is 0 Å². The molecule has 0 spiro atoms. The molecule has 6 heavy (non-hydrogen) atoms. The first-order valence-corrected chi connectivity index (χ1v) is 0.879. The van der Waals surface area contributed by atoms with E-state index in [0.29, 0.717) is 0 Å². The van der Waals surface area contributed by atoms with E-state index in [1.165, 1.54) is 0 Å². The number of primary amides is 1. The molecule has 0 atom stereocenters. The van der Waals surface area contributed by atoms with Crippen LogP contribution in [0.2, 0.25) is 0 Å². The average Bonchev–Trinajstić information content (AvgIpc) is 1.38. The van der Waals surface area contributed by atoms with Crippen LogP contribution in [0.15, 0.2) is 0 Å². The summed E-state index contributed by atoms with van der Waals surface area (Å²) >= 11 is 0. The largest absolute Gasteiger partial charge is 0.435 e. The molecule has 0 saturated carbocycles. The summed E-state index contributed by atoms with van der Waals surface area (Å²) in [6.45, 7) is 0. The number of amides is 1. The third kappa shape index (κ3) is 9.86. The Bertz CT molecular complexity index is 46.1. The minimum Gasteiger partial charge on any atom is -0.333 e. The van der Waals surface area contributed by atoms with E-state index in [0.717, 1.165) is 0 Å². The summed E-state index contributed by atoms with van der Waals surface area (Å²) in [7, 11) is 0. The maximum Gasteiger partial charge on any atom is 0.435 e. The summed E-state index contributed by atoms with van der Waals surface area (Å²) in [5.74, 6) is 0. The van der Waals surface area contributed by atoms with E-state index in [-0.39, 0.29) is 11.0 Å². The minimum atomic E-state index is -1.19. The van der Waals surface area contributed by atoms with Gasteiger partial charge in [0.1, 0.15) is 0 Å². The molecule has 1 amide bonds. The molecule has 5 heteroatoms. The molecule has 0 aromatic carbocycles. The fourth-order valence-electron chi connectivity index (χ4n) is 0. The second-order valence-electron chi connectivity index (χ2n) is 0.410. The monoisotopic (exact) mass is 109 g/mol. The Morgan fingerprint density at radius 3 is 2.00 bits per heavy atom. The summed E-state index contributed by atoms with van der Waals surface area (Å²) in [4.78, 5) is 12.0. The average molecular weight is 109 g/mol. The molecule has 0 aromatic heterocycles. The normalized spacial score (nSPS) is 5.50. The Morgan fingerprint density at radius 2 is 2.00 bits per heavy atom. The molecule has 0 saturated heterocycles. The van der Waals surface area contributed by atoms with Crippen LogP contribution in [0.1, 0.15) is 0 Å². The van der Waals surface area contributed by atoms with Gasteiger partial charge in [0.05, 0.1) is 0 Å². The van der Waals surface area contributed by atoms with Gasteiger partial charge in [0.15, 0.2) is 0 Å². The lowest BCUT2D eigenvalue weighted by Gasteiger charge is -1.76. The SMILES string of the molecule is NC(=O)OO.[SiH4]. The van der Waals surface area contributed by atoms with Gasteiger partial charge in [-0.2, -0.15) is 5.26 Å². The second kappa shape index (κ2) is 4.45. The Kier molecular flexibility index (Phi) is 6.72. The maximum absolute atomic E-state index is 9.12. The number of rotatable bonds is 0. The lowest BCUT2D eigenvalue weighted by Crippen LogP contribution is -2.09. The topological polar surface area (TPSA) is 72.6 Å². The molecule has 0 fully saturated rings. The smallest absolute Gasteiger partial charge is 0.333 e. The predicted molar refractivity (Wildman–Crippen MR) is 24.6 cm³/mol. The van der Waals surface area contributed by atoms with E-state index >= 15 is 0 Å². The van der Waals surface area contributed by atoms with Crippen LogP contribution < -0.4 is 5.73 Å². The second-order valence-corrected chi connectivity index (χ2v) is 0.410. The highest BCUT2D eigenvalue weighted by Gasteiger charge is 1.79. The zero-order chi connectivity index (χ0) is 4.28. The van der Waals surface area contributed by atoms with Gasteiger partial charge in [-0.05, 0) is 11.0 Å². The highest BCUT2D eigenvalue weighted by Crippen LogP contribution is 1.54. The third-order valence-corrected chi connectivity index (χ3v) is 0.0900. The molecule has 0 aromatic rings. The third-order valence-electron chi connectivity index (χ3n) is 0.0900. The van der Waals surface area contributed by atoms with Crippen LogP contribution in [0.25, 0.3) is 0 Å². The number of hydrogen-bond acceptors (Lipinski definition) is 3. The molecule has 0 aliphatic heterocycles. The van der Waals surface area contributed by atoms with E-state index in [9.17, 15) is 0 Å². The summed E-state index contributed by atoms with van der Waals surface area (Å²) in [5, 5.41) is 7.17. The van der Waals surface area contributed by atoms with Gasteiger partial charge in [-0.15, -0.1) is 0 Å². The maximum atomic E-state index is 9.12. The highest BCUT2D eigenvalue weighted by atomic mass is 28.1. The summed E-state index contributed by atoms with van der Waals surface area (Å²) in [6, 6.07) is 0. The van der Waals surface area contributed by atoms with Gasteiger partial charge >= 0.3 is 6.09 Å². The van der Waals surface area contributed by atoms with Gasteiger partial charge < -0.3 is 5.73 Å². The van der Waals surface area contributed by atoms with E-state index < -0.39 is 6.09 Å². The highest BCUT2D eigenvalue weighted by molar-refractivity contribution is 5.75. The van der Waals surface area contributed by atoms with E-state index in [1.54, 1.807) is 0 Å². The van der Waals surface area contributed by atoms with Crippen molar-refractivity contribution in [1.82, 2.24) is 0 Å². The Hall–Kier alpha value is -0.553. The lowest BCUT2D eigenvalue weighted by atomic mass is 11.3. The van der Waals surface area contributed by atoms with E-state index in [1.807, 2.05) is 0 Å². The molecule has 38 valence electrons. The van der Waals surface area contributed by atoms with Gasteiger partial charge in [-0.25, -0.2) is 4.79 Å². The first-order chi connectivity index (χ1) is 2.27. The Morgan fingerprint density at radius 1 is 1.83 bits per heavy atom. The van der Waals surface area contributed by atoms with Gasteiger partial charge in [-0.1, -0.05) is 0 Å². The van der Waals surface area contributed by atoms with Crippen LogP contribution in [0.5, 0.6) is 0 Å². The van der Waals surface area contributed by atoms with Gasteiger partial charge in [0.25, 0.3) is 0 Å². The molecule has 0 bridgehead atoms. The van der Waals surface area contributed by atoms with E-state index in [2.05, 4.69) is 10.6 Å². The Labute approximate surface area is 38.9 Å². The summed E-state index contributed by atoms with van der Waals surface area (Å²) in [6.07, 6.45) is -1.19. The molecular formula is CH7NO3Si. The van der Waals surface area contributed by atoms with Gasteiger partial charge in [0.2, 0.25) is 0 Å². The quantitative estimate of drug-likeness (QED) is 0.217. The number of nitrogens with two attached hydrogens (primary N) is 1. The first kappa shape index (κ1) is 9.07. The molecular weight excluding hydrogens is 102 g/mol. The van der Waals surface area contributed by atoms with Crippen LogP contribution in [-0.4, -0.2) is 22.3 Å². The molecule has 0 aliphatic carbocycles. The van der Waals surface area contributed by atoms with Crippen molar-refractivity contribution in [2.24, 2.45) is 5.73 Å². The van der Waals surface area contributed by atoms with Crippen LogP contribution in [0.4, 0.5) is 4.79 Å². The molecule has 0 aliphatic rings. The zero-order valence-electron chi connectivity index (χ0n) is 2.34. The van der Waals surface area contributed by atoms with Crippen LogP contribution in [-0.2, 0) is 4.89 Å². The summed E-state index contributed by atoms with van der Waals surface area (Å²) < 4.78 is 0. The van der Waals surface area contributed by atoms with Crippen molar-refractivity contribution in [3.63, 3.8) is 0 Å². The van der Waals surface area contributed by atoms with Crippen LogP contribution in [0, 0.1) is 0 Å². The summed E-state index contributed by atoms with van der Waals surface area (Å²) in [5.41, 5.74) is 4.18. The van der Waals surface area contributed by atoms with Crippen molar-refractivity contribution in [2.45, 2.75) is 0 Å². The van der Waals surface area contributed by atoms with Crippen LogP contribution >= 0.6 is 0 Å². The van der Waals surface area contributed by atoms with Gasteiger partial charge in [-0.3, -0.25) is 4.89 Å². The first-order valence-electron chi connectivity index (χ1n) is 0.879. The fourth-order valence-corrected chi connectivity index (χ4v) is 0. The van der Waals surface area contributed by atoms with Crippen molar-refractivity contribution in [2.75, 3.05) is 0 Å². The molecule has 0 heterocycles. The number of carbonyl (C=O) groups is 1. The zero-order valence-corrected chi connectivity index (χ0v) is 2.34.